The van der Waals surface area contributed by atoms with Crippen molar-refractivity contribution in [2.75, 3.05) is 13.2 Å². The highest BCUT2D eigenvalue weighted by molar-refractivity contribution is 7.99. The maximum Gasteiger partial charge on any atom is 0.194 e. The van der Waals surface area contributed by atoms with E-state index < -0.39 is 47.4 Å². The zero-order valence-corrected chi connectivity index (χ0v) is 19.8. The van der Waals surface area contributed by atoms with Crippen LogP contribution in [0.3, 0.4) is 0 Å². The van der Waals surface area contributed by atoms with Crippen molar-refractivity contribution in [3.05, 3.63) is 59.0 Å². The van der Waals surface area contributed by atoms with Crippen molar-refractivity contribution >= 4 is 23.4 Å². The van der Waals surface area contributed by atoms with Gasteiger partial charge < -0.3 is 24.8 Å². The summed E-state index contributed by atoms with van der Waals surface area (Å²) in [5.41, 5.74) is -3.09. The number of aliphatic hydroxyl groups is 3. The van der Waals surface area contributed by atoms with Crippen molar-refractivity contribution < 1.29 is 38.0 Å². The smallest absolute Gasteiger partial charge is 0.194 e. The standard InChI is InChI=1S/C22H21ClF3N3O5S/c1-2-33-12-3-4-18(13(23)7-12)35-19-8-22(32,21(31)17(10-30)34-19)29-9-16(27-28-29)11-5-14(24)20(26)15(25)6-11/h3-7,9,17,19,21,30-32H,2,8,10H2,1H3/t17-,19-,21+,22-/m1/s1. The molecule has 1 saturated heterocycles. The average Bonchev–Trinajstić information content (AvgIpc) is 3.32. The van der Waals surface area contributed by atoms with Gasteiger partial charge in [0.15, 0.2) is 23.2 Å². The Labute approximate surface area is 207 Å². The highest BCUT2D eigenvalue weighted by Crippen LogP contribution is 2.42. The summed E-state index contributed by atoms with van der Waals surface area (Å²) in [4.78, 5) is 0.604. The lowest BCUT2D eigenvalue weighted by Gasteiger charge is -2.43. The Balaban J connectivity index is 1.62. The summed E-state index contributed by atoms with van der Waals surface area (Å²) in [6.45, 7) is 1.69. The molecule has 13 heteroatoms. The second kappa shape index (κ2) is 10.3. The van der Waals surface area contributed by atoms with Gasteiger partial charge in [0.1, 0.15) is 29.1 Å². The van der Waals surface area contributed by atoms with Crippen LogP contribution in [0, 0.1) is 17.5 Å². The van der Waals surface area contributed by atoms with Crippen LogP contribution >= 0.6 is 23.4 Å². The summed E-state index contributed by atoms with van der Waals surface area (Å²) in [7, 11) is 0. The van der Waals surface area contributed by atoms with E-state index in [1.807, 2.05) is 6.92 Å². The zero-order valence-electron chi connectivity index (χ0n) is 18.2. The monoisotopic (exact) mass is 531 g/mol. The summed E-state index contributed by atoms with van der Waals surface area (Å²) in [6, 6.07) is 6.53. The van der Waals surface area contributed by atoms with Gasteiger partial charge in [0, 0.05) is 16.9 Å². The molecule has 0 bridgehead atoms. The highest BCUT2D eigenvalue weighted by Gasteiger charge is 2.50. The fourth-order valence-electron chi connectivity index (χ4n) is 3.69. The Morgan fingerprint density at radius 3 is 2.60 bits per heavy atom. The number of nitrogens with zero attached hydrogens (tertiary/aromatic N) is 3. The minimum atomic E-state index is -2.11. The molecule has 0 saturated carbocycles. The van der Waals surface area contributed by atoms with E-state index in [0.29, 0.717) is 22.3 Å². The van der Waals surface area contributed by atoms with Crippen molar-refractivity contribution in [1.82, 2.24) is 15.0 Å². The number of aromatic nitrogens is 3. The fraction of sp³-hybridized carbons (Fsp3) is 0.364. The summed E-state index contributed by atoms with van der Waals surface area (Å²) < 4.78 is 52.7. The van der Waals surface area contributed by atoms with Crippen LogP contribution in [0.1, 0.15) is 13.3 Å². The second-order valence-electron chi connectivity index (χ2n) is 7.76. The number of hydrogen-bond donors (Lipinski definition) is 3. The number of thioether (sulfide) groups is 1. The fourth-order valence-corrected chi connectivity index (χ4v) is 5.12. The quantitative estimate of drug-likeness (QED) is 0.398. The topological polar surface area (TPSA) is 110 Å². The third kappa shape index (κ3) is 5.13. The average molecular weight is 532 g/mol. The molecule has 35 heavy (non-hydrogen) atoms. The first kappa shape index (κ1) is 25.7. The van der Waals surface area contributed by atoms with Crippen molar-refractivity contribution in [3.63, 3.8) is 0 Å². The molecule has 2 heterocycles. The van der Waals surface area contributed by atoms with Crippen LogP contribution in [0.15, 0.2) is 41.4 Å². The van der Waals surface area contributed by atoms with Gasteiger partial charge in [-0.25, -0.2) is 17.9 Å². The summed E-state index contributed by atoms with van der Waals surface area (Å²) in [5.74, 6) is -3.87. The molecule has 0 amide bonds. The van der Waals surface area contributed by atoms with E-state index in [1.54, 1.807) is 18.2 Å². The van der Waals surface area contributed by atoms with Gasteiger partial charge in [0.2, 0.25) is 0 Å². The van der Waals surface area contributed by atoms with Gasteiger partial charge in [-0.05, 0) is 37.3 Å². The van der Waals surface area contributed by atoms with Gasteiger partial charge in [0.05, 0.1) is 24.4 Å². The number of halogens is 4. The predicted molar refractivity (Wildman–Crippen MR) is 120 cm³/mol. The minimum Gasteiger partial charge on any atom is -0.494 e. The van der Waals surface area contributed by atoms with E-state index in [1.165, 1.54) is 0 Å². The number of ether oxygens (including phenoxy) is 2. The maximum absolute atomic E-state index is 13.7. The molecule has 1 aliphatic heterocycles. The molecular weight excluding hydrogens is 511 g/mol. The van der Waals surface area contributed by atoms with Gasteiger partial charge in [-0.2, -0.15) is 0 Å². The van der Waals surface area contributed by atoms with E-state index in [2.05, 4.69) is 10.3 Å². The normalized spacial score (nSPS) is 24.5. The van der Waals surface area contributed by atoms with Crippen molar-refractivity contribution in [3.8, 4) is 17.0 Å². The van der Waals surface area contributed by atoms with Crippen LogP contribution in [0.25, 0.3) is 11.3 Å². The van der Waals surface area contributed by atoms with Crippen LogP contribution in [-0.2, 0) is 10.5 Å². The van der Waals surface area contributed by atoms with Crippen LogP contribution in [0.5, 0.6) is 5.75 Å². The third-order valence-electron chi connectivity index (χ3n) is 5.44. The van der Waals surface area contributed by atoms with E-state index in [4.69, 9.17) is 21.1 Å². The number of rotatable bonds is 7. The molecule has 1 fully saturated rings. The van der Waals surface area contributed by atoms with Crippen LogP contribution in [-0.4, -0.2) is 61.2 Å². The Bertz CT molecular complexity index is 1200. The summed E-state index contributed by atoms with van der Waals surface area (Å²) in [6.07, 6.45) is -1.88. The highest BCUT2D eigenvalue weighted by atomic mass is 35.5. The molecule has 0 unspecified atom stereocenters. The minimum absolute atomic E-state index is 0.0748. The molecule has 0 aliphatic carbocycles. The number of aliphatic hydroxyl groups excluding tert-OH is 2. The molecule has 2 aromatic carbocycles. The molecule has 188 valence electrons. The summed E-state index contributed by atoms with van der Waals surface area (Å²) in [5, 5.41) is 39.9. The number of benzene rings is 2. The Morgan fingerprint density at radius 2 is 1.97 bits per heavy atom. The van der Waals surface area contributed by atoms with Crippen molar-refractivity contribution in [2.45, 2.75) is 41.6 Å². The first-order valence-electron chi connectivity index (χ1n) is 10.5. The molecule has 0 spiro atoms. The Kier molecular flexibility index (Phi) is 7.60. The summed E-state index contributed by atoms with van der Waals surface area (Å²) >= 11 is 7.50. The van der Waals surface area contributed by atoms with Crippen LogP contribution in [0.4, 0.5) is 13.2 Å². The van der Waals surface area contributed by atoms with Crippen LogP contribution in [0.2, 0.25) is 5.02 Å². The first-order chi connectivity index (χ1) is 16.7. The van der Waals surface area contributed by atoms with Gasteiger partial charge in [-0.1, -0.05) is 28.6 Å². The van der Waals surface area contributed by atoms with Crippen molar-refractivity contribution in [2.24, 2.45) is 0 Å². The lowest BCUT2D eigenvalue weighted by molar-refractivity contribution is -0.246. The molecule has 3 aromatic rings. The Hall–Kier alpha value is -2.35. The molecule has 8 nitrogen and oxygen atoms in total. The molecule has 1 aromatic heterocycles. The van der Waals surface area contributed by atoms with E-state index in [-0.39, 0.29) is 17.7 Å². The molecule has 3 N–H and O–H groups in total. The first-order valence-corrected chi connectivity index (χ1v) is 11.8. The van der Waals surface area contributed by atoms with Crippen LogP contribution < -0.4 is 4.74 Å². The van der Waals surface area contributed by atoms with Gasteiger partial charge in [0.25, 0.3) is 0 Å². The lowest BCUT2D eigenvalue weighted by atomic mass is 9.95. The maximum atomic E-state index is 13.7. The van der Waals surface area contributed by atoms with Crippen molar-refractivity contribution in [1.29, 1.82) is 0 Å². The van der Waals surface area contributed by atoms with Gasteiger partial charge in [-0.3, -0.25) is 0 Å². The zero-order chi connectivity index (χ0) is 25.3. The third-order valence-corrected chi connectivity index (χ3v) is 7.02. The molecular formula is C22H21ClF3N3O5S. The van der Waals surface area contributed by atoms with E-state index in [0.717, 1.165) is 34.8 Å². The van der Waals surface area contributed by atoms with E-state index in [9.17, 15) is 28.5 Å². The largest absolute Gasteiger partial charge is 0.494 e. The van der Waals surface area contributed by atoms with Gasteiger partial charge in [-0.15, -0.1) is 5.10 Å². The van der Waals surface area contributed by atoms with Gasteiger partial charge >= 0.3 is 0 Å². The van der Waals surface area contributed by atoms with E-state index >= 15 is 0 Å². The Morgan fingerprint density at radius 1 is 1.26 bits per heavy atom. The molecule has 0 radical (unpaired) electrons. The SMILES string of the molecule is CCOc1ccc(S[C@@H]2C[C@](O)(n3cc(-c4cc(F)c(F)c(F)c4)nn3)[C@@H](O)[C@@H](CO)O2)c(Cl)c1. The molecule has 4 atom stereocenters. The second-order valence-corrected chi connectivity index (χ2v) is 9.37. The molecule has 1 aliphatic rings. The lowest BCUT2D eigenvalue weighted by Crippen LogP contribution is -2.59. The number of hydrogen-bond acceptors (Lipinski definition) is 8. The molecule has 4 rings (SSSR count). The predicted octanol–water partition coefficient (Wildman–Crippen LogP) is 3.32.